The SMILES string of the molecule is COCCCCCNC1c2ccccc2CC1(C)C. The molecular formula is C17H27NO. The summed E-state index contributed by atoms with van der Waals surface area (Å²) in [5, 5.41) is 3.76. The highest BCUT2D eigenvalue weighted by Gasteiger charge is 2.37. The Kier molecular flexibility index (Phi) is 5.00. The molecule has 0 aliphatic heterocycles. The lowest BCUT2D eigenvalue weighted by Crippen LogP contribution is -2.31. The lowest BCUT2D eigenvalue weighted by molar-refractivity contribution is 0.191. The standard InChI is InChI=1S/C17H27NO/c1-17(2)13-14-9-5-6-10-15(14)16(17)18-11-7-4-8-12-19-3/h5-6,9-10,16,18H,4,7-8,11-13H2,1-3H3. The fourth-order valence-corrected chi connectivity index (χ4v) is 3.17. The molecule has 1 aliphatic carbocycles. The number of ether oxygens (including phenoxy) is 1. The van der Waals surface area contributed by atoms with Crippen molar-refractivity contribution in [2.75, 3.05) is 20.3 Å². The summed E-state index contributed by atoms with van der Waals surface area (Å²) < 4.78 is 5.08. The minimum atomic E-state index is 0.330. The summed E-state index contributed by atoms with van der Waals surface area (Å²) in [6.45, 7) is 6.73. The van der Waals surface area contributed by atoms with Crippen LogP contribution in [0.4, 0.5) is 0 Å². The van der Waals surface area contributed by atoms with E-state index in [0.29, 0.717) is 11.5 Å². The van der Waals surface area contributed by atoms with Gasteiger partial charge < -0.3 is 10.1 Å². The van der Waals surface area contributed by atoms with E-state index in [1.165, 1.54) is 36.8 Å². The van der Waals surface area contributed by atoms with E-state index in [1.54, 1.807) is 7.11 Å². The second-order valence-corrected chi connectivity index (χ2v) is 6.30. The molecule has 0 radical (unpaired) electrons. The van der Waals surface area contributed by atoms with Crippen molar-refractivity contribution in [3.8, 4) is 0 Å². The Morgan fingerprint density at radius 1 is 1.21 bits per heavy atom. The van der Waals surface area contributed by atoms with Gasteiger partial charge in [0.05, 0.1) is 0 Å². The van der Waals surface area contributed by atoms with Crippen LogP contribution in [-0.4, -0.2) is 20.3 Å². The molecule has 0 amide bonds. The Morgan fingerprint density at radius 3 is 2.79 bits per heavy atom. The maximum absolute atomic E-state index is 5.08. The van der Waals surface area contributed by atoms with Crippen molar-refractivity contribution >= 4 is 0 Å². The molecule has 0 heterocycles. The monoisotopic (exact) mass is 261 g/mol. The summed E-state index contributed by atoms with van der Waals surface area (Å²) in [6.07, 6.45) is 4.83. The quantitative estimate of drug-likeness (QED) is 0.755. The van der Waals surface area contributed by atoms with E-state index >= 15 is 0 Å². The van der Waals surface area contributed by atoms with Gasteiger partial charge in [-0.2, -0.15) is 0 Å². The van der Waals surface area contributed by atoms with Crippen LogP contribution in [0.2, 0.25) is 0 Å². The molecule has 0 saturated heterocycles. The maximum Gasteiger partial charge on any atom is 0.0462 e. The molecule has 2 rings (SSSR count). The topological polar surface area (TPSA) is 21.3 Å². The highest BCUT2D eigenvalue weighted by Crippen LogP contribution is 2.44. The van der Waals surface area contributed by atoms with Crippen LogP contribution in [0.1, 0.15) is 50.3 Å². The molecule has 1 aromatic carbocycles. The fourth-order valence-electron chi connectivity index (χ4n) is 3.17. The van der Waals surface area contributed by atoms with Gasteiger partial charge in [0.25, 0.3) is 0 Å². The number of hydrogen-bond donors (Lipinski definition) is 1. The first-order valence-electron chi connectivity index (χ1n) is 7.45. The Bertz CT molecular complexity index is 400. The van der Waals surface area contributed by atoms with E-state index in [0.717, 1.165) is 13.2 Å². The van der Waals surface area contributed by atoms with Crippen molar-refractivity contribution in [2.45, 2.75) is 45.6 Å². The maximum atomic E-state index is 5.08. The fraction of sp³-hybridized carbons (Fsp3) is 0.647. The molecule has 1 atom stereocenters. The lowest BCUT2D eigenvalue weighted by Gasteiger charge is -2.28. The van der Waals surface area contributed by atoms with E-state index in [1.807, 2.05) is 0 Å². The Hall–Kier alpha value is -0.860. The number of nitrogens with one attached hydrogen (secondary N) is 1. The van der Waals surface area contributed by atoms with Gasteiger partial charge in [0.15, 0.2) is 0 Å². The number of methoxy groups -OCH3 is 1. The Morgan fingerprint density at radius 2 is 2.00 bits per heavy atom. The number of benzene rings is 1. The molecule has 0 saturated carbocycles. The van der Waals surface area contributed by atoms with E-state index in [4.69, 9.17) is 4.74 Å². The van der Waals surface area contributed by atoms with Crippen LogP contribution in [0.15, 0.2) is 24.3 Å². The largest absolute Gasteiger partial charge is 0.385 e. The number of rotatable bonds is 7. The molecule has 0 fully saturated rings. The predicted molar refractivity (Wildman–Crippen MR) is 80.4 cm³/mol. The summed E-state index contributed by atoms with van der Waals surface area (Å²) >= 11 is 0. The van der Waals surface area contributed by atoms with Gasteiger partial charge in [-0.3, -0.25) is 0 Å². The minimum Gasteiger partial charge on any atom is -0.385 e. The summed E-state index contributed by atoms with van der Waals surface area (Å²) in [6, 6.07) is 9.38. The van der Waals surface area contributed by atoms with Gasteiger partial charge in [0, 0.05) is 19.8 Å². The van der Waals surface area contributed by atoms with Crippen LogP contribution in [0, 0.1) is 5.41 Å². The predicted octanol–water partition coefficient (Wildman–Crippen LogP) is 3.72. The third-order valence-corrected chi connectivity index (χ3v) is 4.17. The van der Waals surface area contributed by atoms with Gasteiger partial charge >= 0.3 is 0 Å². The molecule has 2 heteroatoms. The molecule has 1 N–H and O–H groups in total. The number of hydrogen-bond acceptors (Lipinski definition) is 2. The molecule has 2 nitrogen and oxygen atoms in total. The van der Waals surface area contributed by atoms with Crippen LogP contribution in [-0.2, 0) is 11.2 Å². The van der Waals surface area contributed by atoms with Gasteiger partial charge in [-0.1, -0.05) is 38.1 Å². The van der Waals surface area contributed by atoms with E-state index in [9.17, 15) is 0 Å². The van der Waals surface area contributed by atoms with Crippen LogP contribution in [0.25, 0.3) is 0 Å². The van der Waals surface area contributed by atoms with E-state index < -0.39 is 0 Å². The van der Waals surface area contributed by atoms with Crippen molar-refractivity contribution in [3.05, 3.63) is 35.4 Å². The molecule has 1 unspecified atom stereocenters. The van der Waals surface area contributed by atoms with Gasteiger partial charge in [-0.25, -0.2) is 0 Å². The van der Waals surface area contributed by atoms with Crippen LogP contribution in [0.3, 0.4) is 0 Å². The summed E-state index contributed by atoms with van der Waals surface area (Å²) in [5.41, 5.74) is 3.35. The van der Waals surface area contributed by atoms with Gasteiger partial charge in [0.1, 0.15) is 0 Å². The van der Waals surface area contributed by atoms with Gasteiger partial charge in [-0.05, 0) is 48.8 Å². The number of fused-ring (bicyclic) bond motifs is 1. The highest BCUT2D eigenvalue weighted by molar-refractivity contribution is 5.37. The first-order valence-corrected chi connectivity index (χ1v) is 7.45. The molecule has 106 valence electrons. The lowest BCUT2D eigenvalue weighted by atomic mass is 9.85. The second-order valence-electron chi connectivity index (χ2n) is 6.30. The molecular weight excluding hydrogens is 234 g/mol. The zero-order chi connectivity index (χ0) is 13.7. The second kappa shape index (κ2) is 6.53. The van der Waals surface area contributed by atoms with Crippen LogP contribution >= 0.6 is 0 Å². The van der Waals surface area contributed by atoms with Crippen molar-refractivity contribution < 1.29 is 4.74 Å². The van der Waals surface area contributed by atoms with Gasteiger partial charge in [0.2, 0.25) is 0 Å². The molecule has 0 aromatic heterocycles. The zero-order valence-corrected chi connectivity index (χ0v) is 12.5. The normalized spacial score (nSPS) is 20.5. The first-order chi connectivity index (χ1) is 9.15. The van der Waals surface area contributed by atoms with Crippen molar-refractivity contribution in [3.63, 3.8) is 0 Å². The van der Waals surface area contributed by atoms with Crippen LogP contribution in [0.5, 0.6) is 0 Å². The summed E-state index contributed by atoms with van der Waals surface area (Å²) in [5.74, 6) is 0. The molecule has 0 spiro atoms. The smallest absolute Gasteiger partial charge is 0.0462 e. The molecule has 0 bridgehead atoms. The Labute approximate surface area is 117 Å². The molecule has 1 aliphatic rings. The van der Waals surface area contributed by atoms with Gasteiger partial charge in [-0.15, -0.1) is 0 Å². The highest BCUT2D eigenvalue weighted by atomic mass is 16.5. The van der Waals surface area contributed by atoms with E-state index in [-0.39, 0.29) is 0 Å². The average Bonchev–Trinajstić information content (AvgIpc) is 2.64. The van der Waals surface area contributed by atoms with E-state index in [2.05, 4.69) is 43.4 Å². The summed E-state index contributed by atoms with van der Waals surface area (Å²) in [7, 11) is 1.77. The summed E-state index contributed by atoms with van der Waals surface area (Å²) in [4.78, 5) is 0. The van der Waals surface area contributed by atoms with Crippen LogP contribution < -0.4 is 5.32 Å². The number of unbranched alkanes of at least 4 members (excludes halogenated alkanes) is 2. The third kappa shape index (κ3) is 3.58. The average molecular weight is 261 g/mol. The minimum absolute atomic E-state index is 0.330. The molecule has 1 aromatic rings. The van der Waals surface area contributed by atoms with Crippen molar-refractivity contribution in [2.24, 2.45) is 5.41 Å². The molecule has 19 heavy (non-hydrogen) atoms. The first kappa shape index (κ1) is 14.5. The third-order valence-electron chi connectivity index (χ3n) is 4.17. The van der Waals surface area contributed by atoms with Crippen molar-refractivity contribution in [1.29, 1.82) is 0 Å². The van der Waals surface area contributed by atoms with Crippen molar-refractivity contribution in [1.82, 2.24) is 5.32 Å². The zero-order valence-electron chi connectivity index (χ0n) is 12.5. The Balaban J connectivity index is 1.85.